The fourth-order valence-electron chi connectivity index (χ4n) is 1.91. The lowest BCUT2D eigenvalue weighted by atomic mass is 10.1. The van der Waals surface area contributed by atoms with Gasteiger partial charge in [0.1, 0.15) is 0 Å². The van der Waals surface area contributed by atoms with E-state index in [-0.39, 0.29) is 0 Å². The number of hydrogen-bond donors (Lipinski definition) is 1. The molecule has 0 aliphatic carbocycles. The number of nitrogens with two attached hydrogens (primary N) is 1. The zero-order chi connectivity index (χ0) is 11.2. The van der Waals surface area contributed by atoms with E-state index in [2.05, 4.69) is 4.99 Å². The molecule has 0 amide bonds. The first-order valence-electron chi connectivity index (χ1n) is 5.92. The smallest absolute Gasteiger partial charge is 0.0405 e. The summed E-state index contributed by atoms with van der Waals surface area (Å²) in [6.07, 6.45) is 6.82. The summed E-state index contributed by atoms with van der Waals surface area (Å²) in [4.78, 5) is 4.55. The van der Waals surface area contributed by atoms with E-state index in [1.807, 2.05) is 36.4 Å². The molecule has 16 heavy (non-hydrogen) atoms. The average molecular weight is 214 g/mol. The molecule has 0 radical (unpaired) electrons. The fourth-order valence-corrected chi connectivity index (χ4v) is 1.91. The van der Waals surface area contributed by atoms with E-state index < -0.39 is 0 Å². The van der Waals surface area contributed by atoms with Gasteiger partial charge in [-0.3, -0.25) is 4.99 Å². The van der Waals surface area contributed by atoms with Crippen LogP contribution in [0.1, 0.15) is 31.2 Å². The Morgan fingerprint density at radius 2 is 1.94 bits per heavy atom. The number of allylic oxidation sites excluding steroid dienone is 1. The van der Waals surface area contributed by atoms with Crippen LogP contribution in [0, 0.1) is 0 Å². The van der Waals surface area contributed by atoms with Crippen LogP contribution in [-0.4, -0.2) is 12.3 Å². The van der Waals surface area contributed by atoms with Crippen molar-refractivity contribution >= 4 is 11.4 Å². The minimum atomic E-state index is 0.821. The Morgan fingerprint density at radius 3 is 2.75 bits per heavy atom. The van der Waals surface area contributed by atoms with Gasteiger partial charge in [0.05, 0.1) is 0 Å². The zero-order valence-electron chi connectivity index (χ0n) is 9.52. The average Bonchev–Trinajstić information content (AvgIpc) is 2.59. The minimum Gasteiger partial charge on any atom is -0.398 e. The van der Waals surface area contributed by atoms with E-state index in [1.54, 1.807) is 0 Å². The number of benzene rings is 1. The van der Waals surface area contributed by atoms with E-state index in [0.29, 0.717) is 0 Å². The molecule has 0 aromatic heterocycles. The third-order valence-electron chi connectivity index (χ3n) is 2.84. The SMILES string of the molecule is N/C(=C\C1=NCCCCC1)c1ccccc1. The van der Waals surface area contributed by atoms with Gasteiger partial charge in [0, 0.05) is 18.0 Å². The molecule has 0 saturated carbocycles. The molecule has 0 atom stereocenters. The summed E-state index contributed by atoms with van der Waals surface area (Å²) in [7, 11) is 0. The van der Waals surface area contributed by atoms with Crippen molar-refractivity contribution in [2.24, 2.45) is 10.7 Å². The van der Waals surface area contributed by atoms with E-state index >= 15 is 0 Å². The van der Waals surface area contributed by atoms with Gasteiger partial charge in [0.2, 0.25) is 0 Å². The van der Waals surface area contributed by atoms with Crippen molar-refractivity contribution in [3.8, 4) is 0 Å². The third-order valence-corrected chi connectivity index (χ3v) is 2.84. The molecule has 1 heterocycles. The van der Waals surface area contributed by atoms with Crippen molar-refractivity contribution < 1.29 is 0 Å². The molecule has 1 aromatic rings. The molecule has 0 unspecified atom stereocenters. The van der Waals surface area contributed by atoms with E-state index in [1.165, 1.54) is 19.3 Å². The van der Waals surface area contributed by atoms with Crippen molar-refractivity contribution in [3.63, 3.8) is 0 Å². The van der Waals surface area contributed by atoms with Gasteiger partial charge in [0.25, 0.3) is 0 Å². The van der Waals surface area contributed by atoms with Gasteiger partial charge in [-0.25, -0.2) is 0 Å². The second kappa shape index (κ2) is 5.50. The lowest BCUT2D eigenvalue weighted by Crippen LogP contribution is -2.01. The van der Waals surface area contributed by atoms with Crippen molar-refractivity contribution in [2.45, 2.75) is 25.7 Å². The summed E-state index contributed by atoms with van der Waals surface area (Å²) in [6, 6.07) is 10.1. The fraction of sp³-hybridized carbons (Fsp3) is 0.357. The first-order valence-corrected chi connectivity index (χ1v) is 5.92. The number of nitrogens with zero attached hydrogens (tertiary/aromatic N) is 1. The highest BCUT2D eigenvalue weighted by Crippen LogP contribution is 2.12. The Labute approximate surface area is 96.9 Å². The predicted octanol–water partition coefficient (Wildman–Crippen LogP) is 3.00. The minimum absolute atomic E-state index is 0.821. The molecule has 0 bridgehead atoms. The molecular formula is C14H18N2. The van der Waals surface area contributed by atoms with Crippen molar-refractivity contribution in [1.82, 2.24) is 0 Å². The van der Waals surface area contributed by atoms with E-state index in [9.17, 15) is 0 Å². The zero-order valence-corrected chi connectivity index (χ0v) is 9.52. The van der Waals surface area contributed by atoms with Gasteiger partial charge in [-0.15, -0.1) is 0 Å². The van der Waals surface area contributed by atoms with E-state index in [4.69, 9.17) is 5.73 Å². The molecule has 0 fully saturated rings. The number of rotatable bonds is 2. The van der Waals surface area contributed by atoms with E-state index in [0.717, 1.165) is 29.9 Å². The largest absolute Gasteiger partial charge is 0.398 e. The van der Waals surface area contributed by atoms with Gasteiger partial charge < -0.3 is 5.73 Å². The molecule has 1 aliphatic rings. The van der Waals surface area contributed by atoms with Crippen LogP contribution in [-0.2, 0) is 0 Å². The highest BCUT2D eigenvalue weighted by atomic mass is 14.7. The lowest BCUT2D eigenvalue weighted by Gasteiger charge is -2.02. The topological polar surface area (TPSA) is 38.4 Å². The van der Waals surface area contributed by atoms with Crippen LogP contribution in [0.2, 0.25) is 0 Å². The molecule has 1 aromatic carbocycles. The molecule has 0 spiro atoms. The summed E-state index contributed by atoms with van der Waals surface area (Å²) >= 11 is 0. The summed E-state index contributed by atoms with van der Waals surface area (Å²) < 4.78 is 0. The van der Waals surface area contributed by atoms with Crippen LogP contribution >= 0.6 is 0 Å². The molecule has 2 nitrogen and oxygen atoms in total. The molecule has 2 rings (SSSR count). The number of hydrogen-bond acceptors (Lipinski definition) is 2. The van der Waals surface area contributed by atoms with Gasteiger partial charge in [-0.05, 0) is 30.9 Å². The van der Waals surface area contributed by atoms with Crippen LogP contribution < -0.4 is 5.73 Å². The quantitative estimate of drug-likeness (QED) is 0.807. The Morgan fingerprint density at radius 1 is 1.12 bits per heavy atom. The van der Waals surface area contributed by atoms with Gasteiger partial charge in [-0.2, -0.15) is 0 Å². The molecule has 2 heteroatoms. The number of aliphatic imine (C=N–C) groups is 1. The first kappa shape index (κ1) is 10.9. The summed E-state index contributed by atoms with van der Waals surface area (Å²) in [6.45, 7) is 0.952. The molecule has 2 N–H and O–H groups in total. The molecule has 84 valence electrons. The van der Waals surface area contributed by atoms with Crippen molar-refractivity contribution in [2.75, 3.05) is 6.54 Å². The second-order valence-electron chi connectivity index (χ2n) is 4.15. The first-order chi connectivity index (χ1) is 7.86. The van der Waals surface area contributed by atoms with Crippen molar-refractivity contribution in [1.29, 1.82) is 0 Å². The Bertz CT molecular complexity index is 390. The Kier molecular flexibility index (Phi) is 3.76. The van der Waals surface area contributed by atoms with Crippen LogP contribution in [0.25, 0.3) is 5.70 Å². The maximum absolute atomic E-state index is 6.06. The van der Waals surface area contributed by atoms with Crippen molar-refractivity contribution in [3.05, 3.63) is 42.0 Å². The summed E-state index contributed by atoms with van der Waals surface area (Å²) in [5.41, 5.74) is 9.11. The standard InChI is InChI=1S/C14H18N2/c15-14(12-7-3-1-4-8-12)11-13-9-5-2-6-10-16-13/h1,3-4,7-8,11H,2,5-6,9-10,15H2/b14-11-. The van der Waals surface area contributed by atoms with Crippen LogP contribution in [0.15, 0.2) is 41.4 Å². The molecule has 0 saturated heterocycles. The highest BCUT2D eigenvalue weighted by molar-refractivity contribution is 6.00. The maximum atomic E-state index is 6.06. The predicted molar refractivity (Wildman–Crippen MR) is 69.4 cm³/mol. The summed E-state index contributed by atoms with van der Waals surface area (Å²) in [5, 5.41) is 0. The van der Waals surface area contributed by atoms with Gasteiger partial charge >= 0.3 is 0 Å². The maximum Gasteiger partial charge on any atom is 0.0405 e. The van der Waals surface area contributed by atoms with Gasteiger partial charge in [0.15, 0.2) is 0 Å². The lowest BCUT2D eigenvalue weighted by molar-refractivity contribution is 0.731. The summed E-state index contributed by atoms with van der Waals surface area (Å²) in [5.74, 6) is 0. The molecular weight excluding hydrogens is 196 g/mol. The third kappa shape index (κ3) is 2.96. The Hall–Kier alpha value is -1.57. The highest BCUT2D eigenvalue weighted by Gasteiger charge is 2.03. The van der Waals surface area contributed by atoms with Gasteiger partial charge in [-0.1, -0.05) is 36.8 Å². The Balaban J connectivity index is 2.14. The second-order valence-corrected chi connectivity index (χ2v) is 4.15. The molecule has 1 aliphatic heterocycles. The van der Waals surface area contributed by atoms with Crippen LogP contribution in [0.4, 0.5) is 0 Å². The van der Waals surface area contributed by atoms with Crippen LogP contribution in [0.5, 0.6) is 0 Å². The monoisotopic (exact) mass is 214 g/mol. The van der Waals surface area contributed by atoms with Crippen LogP contribution in [0.3, 0.4) is 0 Å². The normalized spacial score (nSPS) is 17.8.